The molecule has 1 heterocycles. The quantitative estimate of drug-likeness (QED) is 0.612. The molecule has 4 N–H and O–H groups in total. The Balaban J connectivity index is 2.01. The summed E-state index contributed by atoms with van der Waals surface area (Å²) >= 11 is 0. The van der Waals surface area contributed by atoms with Crippen molar-refractivity contribution in [2.24, 2.45) is 0 Å². The summed E-state index contributed by atoms with van der Waals surface area (Å²) in [5.74, 6) is -1.68. The lowest BCUT2D eigenvalue weighted by Gasteiger charge is -2.19. The van der Waals surface area contributed by atoms with Crippen molar-refractivity contribution in [3.8, 4) is 0 Å². The first-order chi connectivity index (χ1) is 8.99. The third-order valence-corrected chi connectivity index (χ3v) is 3.13. The summed E-state index contributed by atoms with van der Waals surface area (Å²) in [7, 11) is 0. The van der Waals surface area contributed by atoms with Gasteiger partial charge < -0.3 is 20.8 Å². The number of anilines is 1. The van der Waals surface area contributed by atoms with E-state index in [1.165, 1.54) is 6.92 Å². The van der Waals surface area contributed by atoms with Crippen LogP contribution >= 0.6 is 0 Å². The smallest absolute Gasteiger partial charge is 0.328 e. The Morgan fingerprint density at radius 1 is 1.42 bits per heavy atom. The highest BCUT2D eigenvalue weighted by Gasteiger charge is 2.31. The number of hydrogen-bond acceptors (Lipinski definition) is 4. The molecule has 0 radical (unpaired) electrons. The largest absolute Gasteiger partial charge is 0.480 e. The van der Waals surface area contributed by atoms with Gasteiger partial charge in [0, 0.05) is 12.1 Å². The highest BCUT2D eigenvalue weighted by Crippen LogP contribution is 2.25. The minimum absolute atomic E-state index is 0.426. The fourth-order valence-corrected chi connectivity index (χ4v) is 2.10. The minimum atomic E-state index is -1.29. The monoisotopic (exact) mass is 264 g/mol. The van der Waals surface area contributed by atoms with Gasteiger partial charge in [-0.15, -0.1) is 0 Å². The SMILES string of the molecule is CC(O)C(NC(=O)C1Cc2ccccc2N1)C(=O)O. The number of rotatable bonds is 4. The lowest BCUT2D eigenvalue weighted by Crippen LogP contribution is -2.51. The van der Waals surface area contributed by atoms with Crippen LogP contribution in [0.5, 0.6) is 0 Å². The number of fused-ring (bicyclic) bond motifs is 1. The maximum Gasteiger partial charge on any atom is 0.328 e. The zero-order valence-corrected chi connectivity index (χ0v) is 10.5. The van der Waals surface area contributed by atoms with Gasteiger partial charge in [0.05, 0.1) is 6.10 Å². The molecule has 1 aromatic rings. The number of carbonyl (C=O) groups excluding carboxylic acids is 1. The Labute approximate surface area is 110 Å². The van der Waals surface area contributed by atoms with E-state index in [1.54, 1.807) is 0 Å². The molecule has 1 aromatic carbocycles. The average molecular weight is 264 g/mol. The molecule has 102 valence electrons. The van der Waals surface area contributed by atoms with E-state index >= 15 is 0 Å². The van der Waals surface area contributed by atoms with Crippen LogP contribution in [0.15, 0.2) is 24.3 Å². The van der Waals surface area contributed by atoms with Crippen LogP contribution in [0.1, 0.15) is 12.5 Å². The standard InChI is InChI=1S/C13H16N2O4/c1-7(16)11(13(18)19)15-12(17)10-6-8-4-2-3-5-9(8)14-10/h2-5,7,10-11,14,16H,6H2,1H3,(H,15,17)(H,18,19). The molecule has 2 rings (SSSR count). The average Bonchev–Trinajstić information content (AvgIpc) is 2.78. The predicted molar refractivity (Wildman–Crippen MR) is 68.8 cm³/mol. The van der Waals surface area contributed by atoms with E-state index in [2.05, 4.69) is 10.6 Å². The Hall–Kier alpha value is -2.08. The number of carboxylic acids is 1. The number of carboxylic acid groups (broad SMARTS) is 1. The van der Waals surface area contributed by atoms with Crippen LogP contribution in [-0.4, -0.2) is 40.3 Å². The van der Waals surface area contributed by atoms with Crippen molar-refractivity contribution in [2.75, 3.05) is 5.32 Å². The van der Waals surface area contributed by atoms with Gasteiger partial charge in [-0.05, 0) is 18.6 Å². The van der Waals surface area contributed by atoms with Gasteiger partial charge in [0.2, 0.25) is 5.91 Å². The van der Waals surface area contributed by atoms with Crippen molar-refractivity contribution < 1.29 is 19.8 Å². The highest BCUT2D eigenvalue weighted by atomic mass is 16.4. The lowest BCUT2D eigenvalue weighted by atomic mass is 10.1. The van der Waals surface area contributed by atoms with E-state index in [0.29, 0.717) is 6.42 Å². The Morgan fingerprint density at radius 2 is 2.11 bits per heavy atom. The molecular formula is C13H16N2O4. The number of amides is 1. The van der Waals surface area contributed by atoms with Gasteiger partial charge in [0.15, 0.2) is 6.04 Å². The molecule has 0 saturated heterocycles. The maximum absolute atomic E-state index is 12.0. The van der Waals surface area contributed by atoms with Crippen molar-refractivity contribution in [3.63, 3.8) is 0 Å². The molecule has 0 bridgehead atoms. The second-order valence-corrected chi connectivity index (χ2v) is 4.62. The van der Waals surface area contributed by atoms with E-state index < -0.39 is 30.1 Å². The topological polar surface area (TPSA) is 98.7 Å². The van der Waals surface area contributed by atoms with E-state index in [-0.39, 0.29) is 0 Å². The van der Waals surface area contributed by atoms with Crippen LogP contribution < -0.4 is 10.6 Å². The van der Waals surface area contributed by atoms with E-state index in [9.17, 15) is 14.7 Å². The maximum atomic E-state index is 12.0. The molecule has 0 aliphatic carbocycles. The number of benzene rings is 1. The summed E-state index contributed by atoms with van der Waals surface area (Å²) in [4.78, 5) is 22.9. The van der Waals surface area contributed by atoms with Crippen molar-refractivity contribution >= 4 is 17.6 Å². The Kier molecular flexibility index (Phi) is 3.71. The molecule has 6 heteroatoms. The predicted octanol–water partition coefficient (Wildman–Crippen LogP) is -0.0266. The normalized spacial score (nSPS) is 20.0. The van der Waals surface area contributed by atoms with Gasteiger partial charge in [-0.3, -0.25) is 4.79 Å². The number of para-hydroxylation sites is 1. The van der Waals surface area contributed by atoms with Crippen LogP contribution in [0.3, 0.4) is 0 Å². The third kappa shape index (κ3) is 2.85. The zero-order valence-electron chi connectivity index (χ0n) is 10.5. The summed E-state index contributed by atoms with van der Waals surface area (Å²) < 4.78 is 0. The van der Waals surface area contributed by atoms with Crippen molar-refractivity contribution in [3.05, 3.63) is 29.8 Å². The molecule has 1 amide bonds. The summed E-state index contributed by atoms with van der Waals surface area (Å²) in [5.41, 5.74) is 1.90. The molecule has 0 spiro atoms. The summed E-state index contributed by atoms with van der Waals surface area (Å²) in [6, 6.07) is 5.74. The first-order valence-corrected chi connectivity index (χ1v) is 6.04. The number of aliphatic hydroxyl groups excluding tert-OH is 1. The van der Waals surface area contributed by atoms with Crippen molar-refractivity contribution in [1.82, 2.24) is 5.32 Å². The molecule has 19 heavy (non-hydrogen) atoms. The fraction of sp³-hybridized carbons (Fsp3) is 0.385. The molecular weight excluding hydrogens is 248 g/mol. The second-order valence-electron chi connectivity index (χ2n) is 4.62. The number of nitrogens with one attached hydrogen (secondary N) is 2. The molecule has 1 aliphatic heterocycles. The number of hydrogen-bond donors (Lipinski definition) is 4. The number of aliphatic hydroxyl groups is 1. The molecule has 1 aliphatic rings. The lowest BCUT2D eigenvalue weighted by molar-refractivity contribution is -0.144. The molecule has 0 fully saturated rings. The van der Waals surface area contributed by atoms with Crippen LogP contribution in [-0.2, 0) is 16.0 Å². The molecule has 0 saturated carbocycles. The van der Waals surface area contributed by atoms with Gasteiger partial charge in [-0.25, -0.2) is 4.79 Å². The van der Waals surface area contributed by atoms with E-state index in [0.717, 1.165) is 11.3 Å². The summed E-state index contributed by atoms with van der Waals surface area (Å²) in [5, 5.41) is 23.6. The van der Waals surface area contributed by atoms with Crippen molar-refractivity contribution in [2.45, 2.75) is 31.5 Å². The minimum Gasteiger partial charge on any atom is -0.480 e. The van der Waals surface area contributed by atoms with E-state index in [1.807, 2.05) is 24.3 Å². The van der Waals surface area contributed by atoms with Gasteiger partial charge in [-0.1, -0.05) is 18.2 Å². The Bertz CT molecular complexity index is 476. The molecule has 0 aromatic heterocycles. The molecule has 3 atom stereocenters. The van der Waals surface area contributed by atoms with Gasteiger partial charge in [-0.2, -0.15) is 0 Å². The van der Waals surface area contributed by atoms with Crippen LogP contribution in [0, 0.1) is 0 Å². The van der Waals surface area contributed by atoms with Gasteiger partial charge >= 0.3 is 5.97 Å². The first-order valence-electron chi connectivity index (χ1n) is 6.04. The highest BCUT2D eigenvalue weighted by molar-refractivity contribution is 5.90. The Morgan fingerprint density at radius 3 is 2.68 bits per heavy atom. The molecule has 3 unspecified atom stereocenters. The van der Waals surface area contributed by atoms with Crippen molar-refractivity contribution in [1.29, 1.82) is 0 Å². The van der Waals surface area contributed by atoms with Crippen LogP contribution in [0.25, 0.3) is 0 Å². The fourth-order valence-electron chi connectivity index (χ4n) is 2.10. The van der Waals surface area contributed by atoms with Gasteiger partial charge in [0.25, 0.3) is 0 Å². The van der Waals surface area contributed by atoms with Crippen LogP contribution in [0.2, 0.25) is 0 Å². The number of aliphatic carboxylic acids is 1. The number of carbonyl (C=O) groups is 2. The first kappa shape index (κ1) is 13.4. The van der Waals surface area contributed by atoms with E-state index in [4.69, 9.17) is 5.11 Å². The summed E-state index contributed by atoms with van der Waals surface area (Å²) in [6.45, 7) is 1.33. The second kappa shape index (κ2) is 5.27. The zero-order chi connectivity index (χ0) is 14.0. The molecule has 6 nitrogen and oxygen atoms in total. The van der Waals surface area contributed by atoms with Gasteiger partial charge in [0.1, 0.15) is 6.04 Å². The third-order valence-electron chi connectivity index (χ3n) is 3.13. The summed E-state index contributed by atoms with van der Waals surface area (Å²) in [6.07, 6.45) is -0.640. The van der Waals surface area contributed by atoms with Crippen LogP contribution in [0.4, 0.5) is 5.69 Å².